The predicted molar refractivity (Wildman–Crippen MR) is 132 cm³/mol. The average molecular weight is 499 g/mol. The van der Waals surface area contributed by atoms with E-state index < -0.39 is 30.1 Å². The topological polar surface area (TPSA) is 115 Å². The number of pyridine rings is 1. The molecule has 2 heterocycles. The molecule has 0 spiro atoms. The molecule has 0 aliphatic carbocycles. The molecule has 0 saturated heterocycles. The maximum atomic E-state index is 13.4. The molecule has 1 aromatic heterocycles. The van der Waals surface area contributed by atoms with Crippen molar-refractivity contribution in [2.75, 3.05) is 32.1 Å². The van der Waals surface area contributed by atoms with Crippen molar-refractivity contribution in [3.8, 4) is 17.7 Å². The van der Waals surface area contributed by atoms with Crippen molar-refractivity contribution in [1.82, 2.24) is 14.8 Å². The van der Waals surface area contributed by atoms with E-state index in [4.69, 9.17) is 4.74 Å². The number of carbonyl (C=O) groups is 2. The van der Waals surface area contributed by atoms with Crippen molar-refractivity contribution in [3.05, 3.63) is 53.5 Å². The van der Waals surface area contributed by atoms with Crippen LogP contribution in [0.5, 0.6) is 5.88 Å². The van der Waals surface area contributed by atoms with Crippen molar-refractivity contribution in [2.45, 2.75) is 39.0 Å². The van der Waals surface area contributed by atoms with Crippen LogP contribution in [0.15, 0.2) is 36.5 Å². The first kappa shape index (κ1) is 26.9. The number of hydrogen-bond donors (Lipinski definition) is 3. The summed E-state index contributed by atoms with van der Waals surface area (Å²) in [6.07, 6.45) is 0.0816. The van der Waals surface area contributed by atoms with Crippen molar-refractivity contribution in [2.24, 2.45) is 5.92 Å². The van der Waals surface area contributed by atoms with E-state index in [-0.39, 0.29) is 43.0 Å². The number of urea groups is 1. The second-order valence-electron chi connectivity index (χ2n) is 8.96. The van der Waals surface area contributed by atoms with E-state index in [1.54, 1.807) is 24.9 Å². The van der Waals surface area contributed by atoms with Gasteiger partial charge in [-0.1, -0.05) is 18.8 Å². The van der Waals surface area contributed by atoms with E-state index in [1.807, 2.05) is 6.92 Å². The Morgan fingerprint density at radius 3 is 2.69 bits per heavy atom. The number of hydrogen-bond acceptors (Lipinski definition) is 6. The number of nitrogens with zero attached hydrogens (tertiary/aromatic N) is 3. The number of anilines is 1. The Kier molecular flexibility index (Phi) is 8.85. The monoisotopic (exact) mass is 498 g/mol. The molecule has 2 unspecified atom stereocenters. The SMILES string of the molecule is CC(O)C#Cc1cnc2c(c1)C(=O)N(C(C)CO)C[C@H](C)[C@H](CN(C)C(=O)Nc1ccc(F)cc1)O2. The lowest BCUT2D eigenvalue weighted by atomic mass is 10.00. The van der Waals surface area contributed by atoms with Gasteiger partial charge in [0.15, 0.2) is 0 Å². The van der Waals surface area contributed by atoms with Crippen LogP contribution in [0.4, 0.5) is 14.9 Å². The fourth-order valence-electron chi connectivity index (χ4n) is 3.68. The van der Waals surface area contributed by atoms with E-state index in [2.05, 4.69) is 22.1 Å². The third-order valence-corrected chi connectivity index (χ3v) is 5.84. The van der Waals surface area contributed by atoms with Crippen LogP contribution in [0.3, 0.4) is 0 Å². The molecule has 3 N–H and O–H groups in total. The van der Waals surface area contributed by atoms with E-state index >= 15 is 0 Å². The predicted octanol–water partition coefficient (Wildman–Crippen LogP) is 2.34. The molecule has 2 aromatic rings. The maximum Gasteiger partial charge on any atom is 0.321 e. The lowest BCUT2D eigenvalue weighted by molar-refractivity contribution is 0.0356. The molecular formula is C26H31FN4O5. The summed E-state index contributed by atoms with van der Waals surface area (Å²) >= 11 is 0. The summed E-state index contributed by atoms with van der Waals surface area (Å²) in [6, 6.07) is 6.13. The number of benzene rings is 1. The molecule has 0 saturated carbocycles. The molecule has 0 bridgehead atoms. The smallest absolute Gasteiger partial charge is 0.321 e. The summed E-state index contributed by atoms with van der Waals surface area (Å²) in [6.45, 7) is 5.40. The molecule has 3 amide bonds. The first-order valence-electron chi connectivity index (χ1n) is 11.6. The minimum Gasteiger partial charge on any atom is -0.472 e. The van der Waals surface area contributed by atoms with Crippen molar-refractivity contribution < 1.29 is 28.9 Å². The number of carbonyl (C=O) groups excluding carboxylic acids is 2. The average Bonchev–Trinajstić information content (AvgIpc) is 2.85. The molecule has 0 fully saturated rings. The number of amides is 3. The van der Waals surface area contributed by atoms with Gasteiger partial charge in [-0.2, -0.15) is 0 Å². The fourth-order valence-corrected chi connectivity index (χ4v) is 3.68. The Morgan fingerprint density at radius 2 is 2.06 bits per heavy atom. The Bertz CT molecular complexity index is 1150. The van der Waals surface area contributed by atoms with Crippen LogP contribution < -0.4 is 10.1 Å². The highest BCUT2D eigenvalue weighted by atomic mass is 19.1. The van der Waals surface area contributed by atoms with Crippen molar-refractivity contribution >= 4 is 17.6 Å². The first-order valence-corrected chi connectivity index (χ1v) is 11.6. The molecule has 4 atom stereocenters. The molecule has 3 rings (SSSR count). The number of ether oxygens (including phenoxy) is 1. The second kappa shape index (κ2) is 11.8. The normalized spacial score (nSPS) is 19.0. The molecule has 10 heteroatoms. The van der Waals surface area contributed by atoms with Crippen LogP contribution in [0, 0.1) is 23.6 Å². The van der Waals surface area contributed by atoms with Gasteiger partial charge in [0.1, 0.15) is 23.6 Å². The van der Waals surface area contributed by atoms with E-state index in [9.17, 15) is 24.2 Å². The van der Waals surface area contributed by atoms with Gasteiger partial charge in [0.25, 0.3) is 5.91 Å². The first-order chi connectivity index (χ1) is 17.1. The standard InChI is InChI=1S/C26H31FN4O5/c1-16-13-31(17(2)15-32)25(34)22-11-19(6-5-18(3)33)12-28-24(22)36-23(16)14-30(4)26(35)29-21-9-7-20(27)8-10-21/h7-12,16-18,23,32-33H,13-15H2,1-4H3,(H,29,35)/t16-,17?,18?,23-/m0/s1. The summed E-state index contributed by atoms with van der Waals surface area (Å²) in [5.41, 5.74) is 1.07. The largest absolute Gasteiger partial charge is 0.472 e. The minimum atomic E-state index is -0.841. The van der Waals surface area contributed by atoms with Gasteiger partial charge < -0.3 is 30.1 Å². The van der Waals surface area contributed by atoms with Gasteiger partial charge in [-0.25, -0.2) is 14.2 Å². The highest BCUT2D eigenvalue weighted by Gasteiger charge is 2.34. The van der Waals surface area contributed by atoms with Gasteiger partial charge in [0.05, 0.1) is 19.2 Å². The summed E-state index contributed by atoms with van der Waals surface area (Å²) in [5, 5.41) is 21.9. The molecule has 1 aromatic carbocycles. The van der Waals surface area contributed by atoms with E-state index in [0.29, 0.717) is 11.3 Å². The van der Waals surface area contributed by atoms with Crippen LogP contribution in [-0.2, 0) is 0 Å². The zero-order valence-corrected chi connectivity index (χ0v) is 20.7. The Labute approximate surface area is 209 Å². The Hall–Kier alpha value is -3.68. The van der Waals surface area contributed by atoms with Crippen LogP contribution >= 0.6 is 0 Å². The Morgan fingerprint density at radius 1 is 1.36 bits per heavy atom. The lowest BCUT2D eigenvalue weighted by Crippen LogP contribution is -2.50. The number of nitrogens with one attached hydrogen (secondary N) is 1. The highest BCUT2D eigenvalue weighted by Crippen LogP contribution is 2.27. The van der Waals surface area contributed by atoms with Crippen LogP contribution in [0.1, 0.15) is 36.7 Å². The van der Waals surface area contributed by atoms with E-state index in [0.717, 1.165) is 0 Å². The molecule has 192 valence electrons. The maximum absolute atomic E-state index is 13.4. The summed E-state index contributed by atoms with van der Waals surface area (Å²) in [4.78, 5) is 33.4. The van der Waals surface area contributed by atoms with Crippen molar-refractivity contribution in [3.63, 3.8) is 0 Å². The van der Waals surface area contributed by atoms with E-state index in [1.165, 1.54) is 42.3 Å². The molecule has 0 radical (unpaired) electrons. The highest BCUT2D eigenvalue weighted by molar-refractivity contribution is 5.97. The van der Waals surface area contributed by atoms with Crippen LogP contribution in [-0.4, -0.2) is 81.9 Å². The molecule has 1 aliphatic rings. The molecule has 36 heavy (non-hydrogen) atoms. The zero-order valence-electron chi connectivity index (χ0n) is 20.7. The van der Waals surface area contributed by atoms with Gasteiger partial charge in [-0.3, -0.25) is 4.79 Å². The summed E-state index contributed by atoms with van der Waals surface area (Å²) in [7, 11) is 1.61. The van der Waals surface area contributed by atoms with Gasteiger partial charge in [0, 0.05) is 37.0 Å². The number of likely N-dealkylation sites (N-methyl/N-ethyl adjacent to an activating group) is 1. The van der Waals surface area contributed by atoms with Gasteiger partial charge >= 0.3 is 6.03 Å². The van der Waals surface area contributed by atoms with Crippen molar-refractivity contribution in [1.29, 1.82) is 0 Å². The third kappa shape index (κ3) is 6.71. The molecule has 1 aliphatic heterocycles. The molecular weight excluding hydrogens is 467 g/mol. The van der Waals surface area contributed by atoms with Gasteiger partial charge in [-0.15, -0.1) is 0 Å². The zero-order chi connectivity index (χ0) is 26.4. The van der Waals surface area contributed by atoms with Crippen LogP contribution in [0.2, 0.25) is 0 Å². The summed E-state index contributed by atoms with van der Waals surface area (Å²) in [5.74, 6) is 4.53. The number of aliphatic hydroxyl groups is 2. The number of fused-ring (bicyclic) bond motifs is 1. The number of aliphatic hydroxyl groups excluding tert-OH is 2. The third-order valence-electron chi connectivity index (χ3n) is 5.84. The van der Waals surface area contributed by atoms with Gasteiger partial charge in [0.2, 0.25) is 5.88 Å². The fraction of sp³-hybridized carbons (Fsp3) is 0.423. The minimum absolute atomic E-state index is 0.0987. The van der Waals surface area contributed by atoms with Gasteiger partial charge in [-0.05, 0) is 44.2 Å². The second-order valence-corrected chi connectivity index (χ2v) is 8.96. The lowest BCUT2D eigenvalue weighted by Gasteiger charge is -2.37. The quantitative estimate of drug-likeness (QED) is 0.545. The molecule has 9 nitrogen and oxygen atoms in total. The van der Waals surface area contributed by atoms with Crippen LogP contribution in [0.25, 0.3) is 0 Å². The number of rotatable bonds is 5. The number of aromatic nitrogens is 1. The number of halogens is 1. The summed E-state index contributed by atoms with van der Waals surface area (Å²) < 4.78 is 19.3. The Balaban J connectivity index is 1.87.